The summed E-state index contributed by atoms with van der Waals surface area (Å²) in [5, 5.41) is 12.5. The molecule has 8 aromatic rings. The van der Waals surface area contributed by atoms with Crippen LogP contribution in [-0.4, -0.2) is 11.7 Å². The molecule has 0 saturated heterocycles. The van der Waals surface area contributed by atoms with Crippen LogP contribution in [0.5, 0.6) is 0 Å². The van der Waals surface area contributed by atoms with Gasteiger partial charge in [0.15, 0.2) is 5.84 Å². The van der Waals surface area contributed by atoms with E-state index in [1.54, 1.807) is 0 Å². The van der Waals surface area contributed by atoms with Gasteiger partial charge in [0.2, 0.25) is 0 Å². The molecule has 2 aromatic heterocycles. The van der Waals surface area contributed by atoms with Crippen molar-refractivity contribution in [2.45, 2.75) is 12.7 Å². The molecule has 2 aliphatic heterocycles. The predicted molar refractivity (Wildman–Crippen MR) is 194 cm³/mol. The Bertz CT molecular complexity index is 2650. The smallest absolute Gasteiger partial charge is 0.159 e. The fourth-order valence-corrected chi connectivity index (χ4v) is 7.13. The first-order valence-electron chi connectivity index (χ1n) is 16.1. The largest absolute Gasteiger partial charge is 0.458 e. The molecule has 2 N–H and O–H groups in total. The van der Waals surface area contributed by atoms with Crippen LogP contribution in [0.1, 0.15) is 34.2 Å². The number of hydrogen-bond donors (Lipinski definition) is 2. The summed E-state index contributed by atoms with van der Waals surface area (Å²) in [7, 11) is 0. The predicted octanol–water partition coefficient (Wildman–Crippen LogP) is 9.72. The summed E-state index contributed by atoms with van der Waals surface area (Å²) >= 11 is 0. The van der Waals surface area contributed by atoms with Crippen LogP contribution in [-0.2, 0) is 6.54 Å². The Morgan fingerprint density at radius 2 is 1.42 bits per heavy atom. The fraction of sp³-hybridized carbons (Fsp3) is 0.0476. The summed E-state index contributed by atoms with van der Waals surface area (Å²) in [4.78, 5) is 10.2. The zero-order chi connectivity index (χ0) is 31.6. The van der Waals surface area contributed by atoms with E-state index < -0.39 is 0 Å². The van der Waals surface area contributed by atoms with Gasteiger partial charge in [0, 0.05) is 38.4 Å². The molecule has 0 amide bonds. The number of fused-ring (bicyclic) bond motifs is 7. The summed E-state index contributed by atoms with van der Waals surface area (Å²) in [6.07, 6.45) is 3.79. The number of hydrogen-bond acceptors (Lipinski definition) is 6. The molecular formula is C42H28N4O2. The number of rotatable bonds is 4. The third-order valence-corrected chi connectivity index (χ3v) is 9.38. The molecule has 0 bridgehead atoms. The Labute approximate surface area is 275 Å². The maximum Gasteiger partial charge on any atom is 0.159 e. The summed E-state index contributed by atoms with van der Waals surface area (Å²) < 4.78 is 13.2. The van der Waals surface area contributed by atoms with Crippen molar-refractivity contribution in [3.05, 3.63) is 162 Å². The third-order valence-electron chi connectivity index (χ3n) is 9.38. The van der Waals surface area contributed by atoms with Crippen LogP contribution < -0.4 is 10.6 Å². The van der Waals surface area contributed by atoms with E-state index in [-0.39, 0.29) is 6.17 Å². The van der Waals surface area contributed by atoms with Gasteiger partial charge >= 0.3 is 0 Å². The molecule has 48 heavy (non-hydrogen) atoms. The van der Waals surface area contributed by atoms with Crippen LogP contribution in [0.3, 0.4) is 0 Å². The van der Waals surface area contributed by atoms with Gasteiger partial charge in [-0.15, -0.1) is 0 Å². The quantitative estimate of drug-likeness (QED) is 0.205. The molecule has 6 heteroatoms. The zero-order valence-corrected chi connectivity index (χ0v) is 25.8. The van der Waals surface area contributed by atoms with Gasteiger partial charge in [-0.1, -0.05) is 97.1 Å². The molecule has 10 rings (SSSR count). The van der Waals surface area contributed by atoms with Crippen molar-refractivity contribution in [1.82, 2.24) is 10.6 Å². The molecule has 1 unspecified atom stereocenters. The second kappa shape index (κ2) is 10.6. The van der Waals surface area contributed by atoms with Gasteiger partial charge < -0.3 is 19.5 Å². The van der Waals surface area contributed by atoms with E-state index in [4.69, 9.17) is 18.8 Å². The Morgan fingerprint density at radius 3 is 2.27 bits per heavy atom. The highest BCUT2D eigenvalue weighted by Gasteiger charge is 2.27. The molecule has 1 atom stereocenters. The highest BCUT2D eigenvalue weighted by molar-refractivity contribution is 6.22. The molecule has 0 saturated carbocycles. The fourth-order valence-electron chi connectivity index (χ4n) is 7.13. The molecule has 6 aromatic carbocycles. The van der Waals surface area contributed by atoms with Crippen molar-refractivity contribution in [3.8, 4) is 11.1 Å². The lowest BCUT2D eigenvalue weighted by atomic mass is 9.93. The second-order valence-corrected chi connectivity index (χ2v) is 12.2. The van der Waals surface area contributed by atoms with Crippen LogP contribution in [0, 0.1) is 0 Å². The number of aliphatic imine (C=N–C) groups is 2. The molecule has 6 nitrogen and oxygen atoms in total. The monoisotopic (exact) mass is 620 g/mol. The standard InChI is InChI=1S/C42H28N4O2/c1-3-10-25(11-4-1)40-44-41(26-12-5-2-6-13-26)46-42(45-40)32-19-18-30(39-38(32)31-20-21-43-24-36(31)48-39)29-16-9-17-34-37(29)33-22-27-14-7-8-15-28(27)23-35(33)47-34/h1-23,40,43H,24H2,(H,44,45,46). The minimum absolute atomic E-state index is 0.301. The van der Waals surface area contributed by atoms with E-state index in [1.807, 2.05) is 48.7 Å². The van der Waals surface area contributed by atoms with Crippen LogP contribution in [0.15, 0.2) is 152 Å². The molecular weight excluding hydrogens is 592 g/mol. The van der Waals surface area contributed by atoms with E-state index in [0.29, 0.717) is 12.4 Å². The van der Waals surface area contributed by atoms with Crippen LogP contribution >= 0.6 is 0 Å². The van der Waals surface area contributed by atoms with E-state index in [9.17, 15) is 0 Å². The first-order chi connectivity index (χ1) is 23.8. The SMILES string of the molecule is C1=Cc2c(oc3c(-c4cccc5oc6cc7ccccc7cc6c45)ccc(C4=NC(c5ccccc5)=NC(c5ccccc5)N4)c23)CN1. The number of nitrogens with one attached hydrogen (secondary N) is 2. The van der Waals surface area contributed by atoms with Gasteiger partial charge in [0.25, 0.3) is 0 Å². The average Bonchev–Trinajstić information content (AvgIpc) is 3.72. The number of benzene rings is 6. The van der Waals surface area contributed by atoms with Crippen LogP contribution in [0.2, 0.25) is 0 Å². The van der Waals surface area contributed by atoms with Crippen molar-refractivity contribution < 1.29 is 8.83 Å². The number of amidine groups is 2. The normalized spacial score (nSPS) is 15.7. The zero-order valence-electron chi connectivity index (χ0n) is 25.8. The highest BCUT2D eigenvalue weighted by Crippen LogP contribution is 2.44. The third kappa shape index (κ3) is 4.19. The Morgan fingerprint density at radius 1 is 0.646 bits per heavy atom. The van der Waals surface area contributed by atoms with Crippen molar-refractivity contribution in [1.29, 1.82) is 0 Å². The summed E-state index contributed by atoms with van der Waals surface area (Å²) in [5.41, 5.74) is 8.66. The highest BCUT2D eigenvalue weighted by atomic mass is 16.3. The lowest BCUT2D eigenvalue weighted by molar-refractivity contribution is 0.533. The van der Waals surface area contributed by atoms with E-state index >= 15 is 0 Å². The Balaban J connectivity index is 1.21. The first kappa shape index (κ1) is 26.8. The molecule has 228 valence electrons. The van der Waals surface area contributed by atoms with Crippen LogP contribution in [0.4, 0.5) is 0 Å². The second-order valence-electron chi connectivity index (χ2n) is 12.2. The molecule has 4 heterocycles. The summed E-state index contributed by atoms with van der Waals surface area (Å²) in [6.45, 7) is 0.605. The van der Waals surface area contributed by atoms with E-state index in [0.717, 1.165) is 83.3 Å². The summed E-state index contributed by atoms with van der Waals surface area (Å²) in [6, 6.07) is 43.8. The Kier molecular flexibility index (Phi) is 5.90. The van der Waals surface area contributed by atoms with Crippen molar-refractivity contribution in [2.24, 2.45) is 9.98 Å². The van der Waals surface area contributed by atoms with Crippen molar-refractivity contribution in [2.75, 3.05) is 0 Å². The van der Waals surface area contributed by atoms with E-state index in [1.165, 1.54) is 5.39 Å². The molecule has 2 aliphatic rings. The Hall–Kier alpha value is -6.40. The maximum atomic E-state index is 6.78. The van der Waals surface area contributed by atoms with Gasteiger partial charge in [-0.3, -0.25) is 0 Å². The van der Waals surface area contributed by atoms with Gasteiger partial charge in [0.05, 0.1) is 6.54 Å². The van der Waals surface area contributed by atoms with Crippen LogP contribution in [0.25, 0.3) is 60.9 Å². The molecule has 0 aliphatic carbocycles. The maximum absolute atomic E-state index is 6.78. The van der Waals surface area contributed by atoms with Crippen molar-refractivity contribution in [3.63, 3.8) is 0 Å². The minimum Gasteiger partial charge on any atom is -0.458 e. The molecule has 0 radical (unpaired) electrons. The molecule has 0 fully saturated rings. The number of nitrogens with zero attached hydrogens (tertiary/aromatic N) is 2. The lowest BCUT2D eigenvalue weighted by Crippen LogP contribution is -2.33. The summed E-state index contributed by atoms with van der Waals surface area (Å²) in [5.74, 6) is 2.33. The molecule has 0 spiro atoms. The van der Waals surface area contributed by atoms with E-state index in [2.05, 4.69) is 102 Å². The van der Waals surface area contributed by atoms with Gasteiger partial charge in [-0.2, -0.15) is 0 Å². The van der Waals surface area contributed by atoms with Gasteiger partial charge in [0.1, 0.15) is 34.5 Å². The topological polar surface area (TPSA) is 75.1 Å². The van der Waals surface area contributed by atoms with Gasteiger partial charge in [-0.25, -0.2) is 9.98 Å². The average molecular weight is 621 g/mol. The first-order valence-corrected chi connectivity index (χ1v) is 16.1. The van der Waals surface area contributed by atoms with Gasteiger partial charge in [-0.05, 0) is 64.5 Å². The minimum atomic E-state index is -0.301. The van der Waals surface area contributed by atoms with Crippen molar-refractivity contribution >= 4 is 61.4 Å². The lowest BCUT2D eigenvalue weighted by Gasteiger charge is -2.24. The number of furan rings is 2.